The van der Waals surface area contributed by atoms with E-state index in [1.807, 2.05) is 57.4 Å². The summed E-state index contributed by atoms with van der Waals surface area (Å²) in [5.41, 5.74) is 4.89. The minimum atomic E-state index is -0.532. The van der Waals surface area contributed by atoms with Crippen LogP contribution in [0.4, 0.5) is 15.8 Å². The van der Waals surface area contributed by atoms with Gasteiger partial charge >= 0.3 is 0 Å². The molecule has 2 amide bonds. The van der Waals surface area contributed by atoms with Gasteiger partial charge in [-0.1, -0.05) is 24.3 Å². The lowest BCUT2D eigenvalue weighted by Gasteiger charge is -2.35. The molecule has 1 N–H and O–H groups in total. The average molecular weight is 532 g/mol. The van der Waals surface area contributed by atoms with Crippen molar-refractivity contribution in [3.8, 4) is 0 Å². The first-order chi connectivity index (χ1) is 18.7. The quantitative estimate of drug-likeness (QED) is 0.454. The molecule has 1 aliphatic heterocycles. The smallest absolute Gasteiger partial charge is 0.254 e. The van der Waals surface area contributed by atoms with Crippen LogP contribution in [0.3, 0.4) is 0 Å². The molecule has 206 valence electrons. The van der Waals surface area contributed by atoms with Crippen LogP contribution in [0.5, 0.6) is 0 Å². The van der Waals surface area contributed by atoms with Crippen molar-refractivity contribution in [1.82, 2.24) is 15.1 Å². The number of anilines is 2. The Labute approximate surface area is 230 Å². The number of carbonyl (C=O) groups is 2. The van der Waals surface area contributed by atoms with Crippen molar-refractivity contribution >= 4 is 23.2 Å². The summed E-state index contributed by atoms with van der Waals surface area (Å²) in [7, 11) is 8.01. The Morgan fingerprint density at radius 1 is 0.769 bits per heavy atom. The van der Waals surface area contributed by atoms with E-state index in [-0.39, 0.29) is 22.9 Å². The highest BCUT2D eigenvalue weighted by molar-refractivity contribution is 6.07. The van der Waals surface area contributed by atoms with Crippen LogP contribution in [-0.4, -0.2) is 82.5 Å². The summed E-state index contributed by atoms with van der Waals surface area (Å²) in [4.78, 5) is 34.5. The van der Waals surface area contributed by atoms with Gasteiger partial charge in [-0.3, -0.25) is 14.5 Å². The van der Waals surface area contributed by atoms with Gasteiger partial charge in [-0.15, -0.1) is 0 Å². The van der Waals surface area contributed by atoms with Gasteiger partial charge in [-0.25, -0.2) is 4.39 Å². The molecule has 0 saturated carbocycles. The lowest BCUT2D eigenvalue weighted by atomic mass is 10.0. The van der Waals surface area contributed by atoms with Crippen molar-refractivity contribution in [3.05, 3.63) is 94.8 Å². The lowest BCUT2D eigenvalue weighted by molar-refractivity contribution is 0.0624. The molecule has 0 aliphatic carbocycles. The maximum absolute atomic E-state index is 14.2. The van der Waals surface area contributed by atoms with Crippen molar-refractivity contribution in [2.45, 2.75) is 13.0 Å². The number of hydrogen-bond acceptors (Lipinski definition) is 5. The van der Waals surface area contributed by atoms with Crippen LogP contribution in [0.25, 0.3) is 0 Å². The number of amides is 2. The largest absolute Gasteiger partial charge is 0.378 e. The predicted octanol–water partition coefficient (Wildman–Crippen LogP) is 3.89. The van der Waals surface area contributed by atoms with Gasteiger partial charge in [0.1, 0.15) is 5.82 Å². The molecule has 0 unspecified atom stereocenters. The van der Waals surface area contributed by atoms with Crippen molar-refractivity contribution in [1.29, 1.82) is 0 Å². The number of piperazine rings is 1. The Hall–Kier alpha value is -3.91. The van der Waals surface area contributed by atoms with Crippen molar-refractivity contribution in [3.63, 3.8) is 0 Å². The van der Waals surface area contributed by atoms with Gasteiger partial charge in [0.05, 0.1) is 11.1 Å². The molecule has 39 heavy (non-hydrogen) atoms. The van der Waals surface area contributed by atoms with E-state index in [0.717, 1.165) is 23.5 Å². The van der Waals surface area contributed by atoms with Gasteiger partial charge in [-0.05, 0) is 60.0 Å². The first-order valence-corrected chi connectivity index (χ1v) is 13.3. The van der Waals surface area contributed by atoms with Crippen LogP contribution in [-0.2, 0) is 13.0 Å². The third-order valence-electron chi connectivity index (χ3n) is 7.13. The highest BCUT2D eigenvalue weighted by Crippen LogP contribution is 2.18. The second-order valence-electron chi connectivity index (χ2n) is 10.4. The topological polar surface area (TPSA) is 59.1 Å². The van der Waals surface area contributed by atoms with Crippen LogP contribution in [0.15, 0.2) is 66.7 Å². The van der Waals surface area contributed by atoms with Gasteiger partial charge in [0, 0.05) is 78.8 Å². The van der Waals surface area contributed by atoms with E-state index < -0.39 is 5.82 Å². The standard InChI is InChI=1S/C31H38FN5O2/c1-34(2)26-10-5-23(6-11-26)15-16-33-30(38)28-14-9-25(32)21-29(28)31(39)37-19-17-36(18-20-37)22-24-7-12-27(13-8-24)35(3)4/h5-14,21H,15-20,22H2,1-4H3,(H,33,38). The van der Waals surface area contributed by atoms with E-state index in [2.05, 4.69) is 39.4 Å². The summed E-state index contributed by atoms with van der Waals surface area (Å²) in [5, 5.41) is 2.89. The fourth-order valence-electron chi connectivity index (χ4n) is 4.70. The zero-order valence-corrected chi connectivity index (χ0v) is 23.3. The molecular weight excluding hydrogens is 493 g/mol. The minimum Gasteiger partial charge on any atom is -0.378 e. The van der Waals surface area contributed by atoms with Gasteiger partial charge in [0.15, 0.2) is 0 Å². The molecule has 3 aromatic carbocycles. The van der Waals surface area contributed by atoms with Crippen LogP contribution < -0.4 is 15.1 Å². The van der Waals surface area contributed by atoms with Crippen LogP contribution in [0.1, 0.15) is 31.8 Å². The molecule has 1 aliphatic rings. The zero-order valence-electron chi connectivity index (χ0n) is 23.3. The Morgan fingerprint density at radius 2 is 1.33 bits per heavy atom. The normalized spacial score (nSPS) is 13.7. The maximum atomic E-state index is 14.2. The Morgan fingerprint density at radius 3 is 1.90 bits per heavy atom. The first kappa shape index (κ1) is 28.1. The molecule has 8 heteroatoms. The van der Waals surface area contributed by atoms with Gasteiger partial charge in [0.25, 0.3) is 11.8 Å². The molecule has 1 heterocycles. The van der Waals surface area contributed by atoms with E-state index >= 15 is 0 Å². The minimum absolute atomic E-state index is 0.107. The molecule has 4 rings (SSSR count). The van der Waals surface area contributed by atoms with Crippen molar-refractivity contribution in [2.75, 3.05) is 70.7 Å². The number of hydrogen-bond donors (Lipinski definition) is 1. The second kappa shape index (κ2) is 12.8. The number of rotatable bonds is 9. The van der Waals surface area contributed by atoms with Crippen LogP contribution in [0.2, 0.25) is 0 Å². The Bertz CT molecular complexity index is 1270. The maximum Gasteiger partial charge on any atom is 0.254 e. The molecule has 0 bridgehead atoms. The molecule has 1 fully saturated rings. The molecule has 0 spiro atoms. The zero-order chi connectivity index (χ0) is 27.9. The third-order valence-corrected chi connectivity index (χ3v) is 7.13. The van der Waals surface area contributed by atoms with Gasteiger partial charge < -0.3 is 20.0 Å². The number of nitrogens with one attached hydrogen (secondary N) is 1. The van der Waals surface area contributed by atoms with Gasteiger partial charge in [0.2, 0.25) is 0 Å². The summed E-state index contributed by atoms with van der Waals surface area (Å²) < 4.78 is 14.2. The third kappa shape index (κ3) is 7.35. The summed E-state index contributed by atoms with van der Waals surface area (Å²) in [5.74, 6) is -1.22. The molecule has 0 aromatic heterocycles. The van der Waals surface area contributed by atoms with E-state index in [4.69, 9.17) is 0 Å². The molecule has 7 nitrogen and oxygen atoms in total. The number of halogens is 1. The van der Waals surface area contributed by atoms with E-state index in [9.17, 15) is 14.0 Å². The van der Waals surface area contributed by atoms with Crippen LogP contribution >= 0.6 is 0 Å². The highest BCUT2D eigenvalue weighted by atomic mass is 19.1. The SMILES string of the molecule is CN(C)c1ccc(CCNC(=O)c2ccc(F)cc2C(=O)N2CCN(Cc3ccc(N(C)C)cc3)CC2)cc1. The second-order valence-corrected chi connectivity index (χ2v) is 10.4. The summed E-state index contributed by atoms with van der Waals surface area (Å²) in [6.45, 7) is 3.69. The predicted molar refractivity (Wildman–Crippen MR) is 155 cm³/mol. The lowest BCUT2D eigenvalue weighted by Crippen LogP contribution is -2.48. The highest BCUT2D eigenvalue weighted by Gasteiger charge is 2.26. The first-order valence-electron chi connectivity index (χ1n) is 13.3. The molecule has 1 saturated heterocycles. The number of benzene rings is 3. The fourth-order valence-corrected chi connectivity index (χ4v) is 4.70. The van der Waals surface area contributed by atoms with Crippen molar-refractivity contribution in [2.24, 2.45) is 0 Å². The molecular formula is C31H38FN5O2. The van der Waals surface area contributed by atoms with Crippen LogP contribution in [0, 0.1) is 5.82 Å². The number of carbonyl (C=O) groups excluding carboxylic acids is 2. The Kier molecular flexibility index (Phi) is 9.19. The summed E-state index contributed by atoms with van der Waals surface area (Å²) >= 11 is 0. The van der Waals surface area contributed by atoms with E-state index in [0.29, 0.717) is 39.1 Å². The monoisotopic (exact) mass is 531 g/mol. The Balaban J connectivity index is 1.33. The fraction of sp³-hybridized carbons (Fsp3) is 0.355. The summed E-state index contributed by atoms with van der Waals surface area (Å²) in [6.07, 6.45) is 0.657. The molecule has 0 atom stereocenters. The van der Waals surface area contributed by atoms with Gasteiger partial charge in [-0.2, -0.15) is 0 Å². The van der Waals surface area contributed by atoms with Crippen molar-refractivity contribution < 1.29 is 14.0 Å². The number of nitrogens with zero attached hydrogens (tertiary/aromatic N) is 4. The van der Waals surface area contributed by atoms with E-state index in [1.54, 1.807) is 4.90 Å². The van der Waals surface area contributed by atoms with E-state index in [1.165, 1.54) is 23.8 Å². The summed E-state index contributed by atoms with van der Waals surface area (Å²) in [6, 6.07) is 20.4. The molecule has 0 radical (unpaired) electrons. The molecule has 3 aromatic rings. The average Bonchev–Trinajstić information content (AvgIpc) is 2.93.